The van der Waals surface area contributed by atoms with Crippen molar-refractivity contribution in [3.05, 3.63) is 40.4 Å². The molecule has 1 aliphatic heterocycles. The second-order valence-corrected chi connectivity index (χ2v) is 4.81. The highest BCUT2D eigenvalue weighted by Crippen LogP contribution is 2.34. The highest BCUT2D eigenvalue weighted by Gasteiger charge is 2.37. The molecule has 0 aromatic heterocycles. The van der Waals surface area contributed by atoms with Gasteiger partial charge in [-0.2, -0.15) is 0 Å². The summed E-state index contributed by atoms with van der Waals surface area (Å²) in [6.45, 7) is 6.26. The molecule has 1 amide bonds. The number of anilines is 1. The predicted molar refractivity (Wildman–Crippen MR) is 70.3 cm³/mol. The summed E-state index contributed by atoms with van der Waals surface area (Å²) in [7, 11) is 0. The zero-order valence-corrected chi connectivity index (χ0v) is 11.1. The van der Waals surface area contributed by atoms with Gasteiger partial charge in [0.2, 0.25) is 0 Å². The normalized spacial score (nSPS) is 14.1. The molecular weight excluding hydrogens is 282 g/mol. The van der Waals surface area contributed by atoms with Crippen molar-refractivity contribution in [3.8, 4) is 0 Å². The standard InChI is InChI=1S/C13H12BrNO2/c1-3-8(2)7-15-10-6-4-5-9(14)11(10)12(16)13(15)17/h4-6H,2-3,7H2,1H3. The summed E-state index contributed by atoms with van der Waals surface area (Å²) in [6.07, 6.45) is 0.793. The van der Waals surface area contributed by atoms with Crippen molar-refractivity contribution in [2.24, 2.45) is 0 Å². The van der Waals surface area contributed by atoms with Gasteiger partial charge in [0, 0.05) is 11.0 Å². The first-order valence-corrected chi connectivity index (χ1v) is 6.17. The third-order valence-corrected chi connectivity index (χ3v) is 3.49. The quantitative estimate of drug-likeness (QED) is 0.635. The van der Waals surface area contributed by atoms with E-state index >= 15 is 0 Å². The molecule has 0 N–H and O–H groups in total. The molecule has 1 aliphatic rings. The fraction of sp³-hybridized carbons (Fsp3) is 0.231. The highest BCUT2D eigenvalue weighted by atomic mass is 79.9. The van der Waals surface area contributed by atoms with Gasteiger partial charge in [-0.25, -0.2) is 0 Å². The Bertz CT molecular complexity index is 522. The van der Waals surface area contributed by atoms with E-state index in [1.54, 1.807) is 12.1 Å². The average Bonchev–Trinajstić information content (AvgIpc) is 2.55. The molecule has 2 rings (SSSR count). The third kappa shape index (κ3) is 1.93. The Morgan fingerprint density at radius 2 is 2.12 bits per heavy atom. The maximum atomic E-state index is 11.9. The zero-order chi connectivity index (χ0) is 12.6. The summed E-state index contributed by atoms with van der Waals surface area (Å²) in [5, 5.41) is 0. The lowest BCUT2D eigenvalue weighted by Gasteiger charge is -2.17. The maximum absolute atomic E-state index is 11.9. The van der Waals surface area contributed by atoms with Crippen LogP contribution in [0.15, 0.2) is 34.8 Å². The molecule has 3 nitrogen and oxygen atoms in total. The molecule has 0 unspecified atom stereocenters. The molecule has 0 bridgehead atoms. The van der Waals surface area contributed by atoms with Crippen LogP contribution < -0.4 is 4.90 Å². The lowest BCUT2D eigenvalue weighted by atomic mass is 10.1. The van der Waals surface area contributed by atoms with Gasteiger partial charge in [0.15, 0.2) is 0 Å². The number of amides is 1. The molecule has 88 valence electrons. The van der Waals surface area contributed by atoms with Gasteiger partial charge in [0.25, 0.3) is 11.7 Å². The van der Waals surface area contributed by atoms with Gasteiger partial charge in [-0.3, -0.25) is 9.59 Å². The van der Waals surface area contributed by atoms with Crippen LogP contribution in [0.25, 0.3) is 0 Å². The van der Waals surface area contributed by atoms with Crippen molar-refractivity contribution >= 4 is 33.3 Å². The van der Waals surface area contributed by atoms with Crippen molar-refractivity contribution < 1.29 is 9.59 Å². The van der Waals surface area contributed by atoms with Crippen LogP contribution in [0.4, 0.5) is 5.69 Å². The monoisotopic (exact) mass is 293 g/mol. The van der Waals surface area contributed by atoms with E-state index in [0.717, 1.165) is 12.0 Å². The summed E-state index contributed by atoms with van der Waals surface area (Å²) >= 11 is 3.30. The molecule has 0 spiro atoms. The molecule has 1 aromatic carbocycles. The van der Waals surface area contributed by atoms with Gasteiger partial charge >= 0.3 is 0 Å². The number of carbonyl (C=O) groups is 2. The van der Waals surface area contributed by atoms with Crippen LogP contribution in [-0.2, 0) is 4.79 Å². The molecule has 0 radical (unpaired) electrons. The van der Waals surface area contributed by atoms with Crippen molar-refractivity contribution in [2.75, 3.05) is 11.4 Å². The number of nitrogens with zero attached hydrogens (tertiary/aromatic N) is 1. The van der Waals surface area contributed by atoms with Gasteiger partial charge in [0.1, 0.15) is 0 Å². The number of Topliss-reactive ketones (excluding diaryl/α,β-unsaturated/α-hetero) is 1. The fourth-order valence-corrected chi connectivity index (χ4v) is 2.33. The summed E-state index contributed by atoms with van der Waals surface area (Å²) in [6, 6.07) is 5.37. The Morgan fingerprint density at radius 1 is 1.41 bits per heavy atom. The lowest BCUT2D eigenvalue weighted by molar-refractivity contribution is -0.114. The lowest BCUT2D eigenvalue weighted by Crippen LogP contribution is -2.31. The van der Waals surface area contributed by atoms with Crippen LogP contribution in [0.1, 0.15) is 23.7 Å². The van der Waals surface area contributed by atoms with Crippen LogP contribution >= 0.6 is 15.9 Å². The van der Waals surface area contributed by atoms with Gasteiger partial charge in [0.05, 0.1) is 11.3 Å². The molecule has 17 heavy (non-hydrogen) atoms. The fourth-order valence-electron chi connectivity index (χ4n) is 1.79. The molecule has 0 atom stereocenters. The number of ketones is 1. The molecule has 1 heterocycles. The van der Waals surface area contributed by atoms with Crippen LogP contribution in [0.3, 0.4) is 0 Å². The molecule has 0 saturated heterocycles. The molecule has 0 fully saturated rings. The van der Waals surface area contributed by atoms with Crippen LogP contribution in [0.5, 0.6) is 0 Å². The van der Waals surface area contributed by atoms with Crippen LogP contribution in [0.2, 0.25) is 0 Å². The Hall–Kier alpha value is -1.42. The Labute approximate surface area is 108 Å². The number of benzene rings is 1. The van der Waals surface area contributed by atoms with E-state index in [2.05, 4.69) is 22.5 Å². The van der Waals surface area contributed by atoms with E-state index in [1.165, 1.54) is 4.90 Å². The SMILES string of the molecule is C=C(CC)CN1C(=O)C(=O)c2c(Br)cccc21. The van der Waals surface area contributed by atoms with Gasteiger partial charge in [-0.1, -0.05) is 25.1 Å². The second kappa shape index (κ2) is 4.45. The van der Waals surface area contributed by atoms with E-state index < -0.39 is 11.7 Å². The predicted octanol–water partition coefficient (Wildman–Crippen LogP) is 2.94. The highest BCUT2D eigenvalue weighted by molar-refractivity contribution is 9.10. The van der Waals surface area contributed by atoms with Gasteiger partial charge in [-0.15, -0.1) is 0 Å². The van der Waals surface area contributed by atoms with Crippen LogP contribution in [-0.4, -0.2) is 18.2 Å². The summed E-state index contributed by atoms with van der Waals surface area (Å²) in [5.41, 5.74) is 2.06. The largest absolute Gasteiger partial charge is 0.301 e. The second-order valence-electron chi connectivity index (χ2n) is 3.96. The minimum Gasteiger partial charge on any atom is -0.301 e. The Kier molecular flexibility index (Phi) is 3.15. The molecule has 4 heteroatoms. The molecule has 0 saturated carbocycles. The van der Waals surface area contributed by atoms with Crippen molar-refractivity contribution in [2.45, 2.75) is 13.3 Å². The van der Waals surface area contributed by atoms with Gasteiger partial charge in [-0.05, 0) is 34.5 Å². The smallest absolute Gasteiger partial charge is 0.299 e. The number of fused-ring (bicyclic) bond motifs is 1. The van der Waals surface area contributed by atoms with Crippen molar-refractivity contribution in [1.82, 2.24) is 0 Å². The van der Waals surface area contributed by atoms with E-state index in [0.29, 0.717) is 22.3 Å². The van der Waals surface area contributed by atoms with E-state index in [-0.39, 0.29) is 0 Å². The first-order chi connectivity index (χ1) is 8.06. The van der Waals surface area contributed by atoms with Crippen molar-refractivity contribution in [1.29, 1.82) is 0 Å². The van der Waals surface area contributed by atoms with Crippen LogP contribution in [0, 0.1) is 0 Å². The average molecular weight is 294 g/mol. The topological polar surface area (TPSA) is 37.4 Å². The zero-order valence-electron chi connectivity index (χ0n) is 9.50. The summed E-state index contributed by atoms with van der Waals surface area (Å²) in [4.78, 5) is 25.2. The molecular formula is C13H12BrNO2. The Balaban J connectivity index is 2.45. The molecule has 0 aliphatic carbocycles. The van der Waals surface area contributed by atoms with E-state index in [4.69, 9.17) is 0 Å². The third-order valence-electron chi connectivity index (χ3n) is 2.83. The number of hydrogen-bond acceptors (Lipinski definition) is 2. The Morgan fingerprint density at radius 3 is 2.76 bits per heavy atom. The number of carbonyl (C=O) groups excluding carboxylic acids is 2. The number of halogens is 1. The maximum Gasteiger partial charge on any atom is 0.299 e. The first-order valence-electron chi connectivity index (χ1n) is 5.37. The molecule has 1 aromatic rings. The first kappa shape index (κ1) is 12.0. The minimum atomic E-state index is -0.471. The summed E-state index contributed by atoms with van der Waals surface area (Å²) < 4.78 is 0.665. The van der Waals surface area contributed by atoms with Gasteiger partial charge < -0.3 is 4.90 Å². The van der Waals surface area contributed by atoms with Crippen molar-refractivity contribution in [3.63, 3.8) is 0 Å². The number of hydrogen-bond donors (Lipinski definition) is 0. The van der Waals surface area contributed by atoms with E-state index in [1.807, 2.05) is 13.0 Å². The number of rotatable bonds is 3. The van der Waals surface area contributed by atoms with E-state index in [9.17, 15) is 9.59 Å². The minimum absolute atomic E-state index is 0.407. The summed E-state index contributed by atoms with van der Waals surface area (Å²) in [5.74, 6) is -0.919.